The van der Waals surface area contributed by atoms with Gasteiger partial charge in [-0.3, -0.25) is 0 Å². The van der Waals surface area contributed by atoms with Gasteiger partial charge in [0.2, 0.25) is 0 Å². The number of rotatable bonds is 4. The number of carbonyl (C=O) groups is 2. The Morgan fingerprint density at radius 3 is 1.47 bits per heavy atom. The van der Waals surface area contributed by atoms with E-state index < -0.39 is 33.7 Å². The molecule has 0 aliphatic rings. The fraction of sp³-hybridized carbons (Fsp3) is 0.500. The Morgan fingerprint density at radius 2 is 1.40 bits per heavy atom. The molecule has 0 spiro atoms. The second-order valence-electron chi connectivity index (χ2n) is 1.88. The third-order valence-corrected chi connectivity index (χ3v) is 2.02. The van der Waals surface area contributed by atoms with Crippen molar-refractivity contribution in [3.63, 3.8) is 0 Å². The van der Waals surface area contributed by atoms with Crippen LogP contribution >= 0.6 is 0 Å². The first-order chi connectivity index (χ1) is 5.25. The maximum Gasteiger partial charge on any atom is 1.00 e. The van der Waals surface area contributed by atoms with Gasteiger partial charge in [-0.05, 0) is 0 Å². The number of hydrogen-bond donors (Lipinski definition) is 0. The molecule has 7 nitrogen and oxygen atoms in total. The molecule has 0 saturated carbocycles. The Morgan fingerprint density at radius 1 is 1.07 bits per heavy atom. The molecule has 0 rings (SSSR count). The topological polar surface area (TPSA) is 137 Å². The molecule has 0 aliphatic heterocycles. The molecule has 0 N–H and O–H groups in total. The summed E-state index contributed by atoms with van der Waals surface area (Å²) in [4.78, 5) is 19.7. The van der Waals surface area contributed by atoms with Crippen LogP contribution < -0.4 is 164 Å². The average Bonchev–Trinajstić information content (AvgIpc) is 1.79. The fourth-order valence-corrected chi connectivity index (χ4v) is 1.03. The third-order valence-electron chi connectivity index (χ3n) is 0.963. The van der Waals surface area contributed by atoms with Gasteiger partial charge in [0.25, 0.3) is 0 Å². The van der Waals surface area contributed by atoms with Gasteiger partial charge in [-0.15, -0.1) is 0 Å². The van der Waals surface area contributed by atoms with E-state index in [4.69, 9.17) is 0 Å². The molecule has 0 aromatic rings. The van der Waals surface area contributed by atoms with Crippen molar-refractivity contribution in [1.82, 2.24) is 0 Å². The summed E-state index contributed by atoms with van der Waals surface area (Å²) in [7, 11) is -5.19. The first-order valence-electron chi connectivity index (χ1n) is 2.60. The first kappa shape index (κ1) is 27.2. The molecular formula is C4H3K3O7S. The zero-order valence-corrected chi connectivity index (χ0v) is 18.7. The van der Waals surface area contributed by atoms with E-state index in [1.165, 1.54) is 0 Å². The van der Waals surface area contributed by atoms with E-state index >= 15 is 0 Å². The van der Waals surface area contributed by atoms with Gasteiger partial charge < -0.3 is 24.4 Å². The van der Waals surface area contributed by atoms with Crippen LogP contribution in [0.4, 0.5) is 0 Å². The van der Waals surface area contributed by atoms with Gasteiger partial charge in [-0.25, -0.2) is 8.42 Å². The van der Waals surface area contributed by atoms with E-state index in [0.717, 1.165) is 0 Å². The number of carboxylic acid groups (broad SMARTS) is 2. The van der Waals surface area contributed by atoms with Crippen LogP contribution in [-0.2, 0) is 19.7 Å². The van der Waals surface area contributed by atoms with E-state index in [1.54, 1.807) is 0 Å². The molecule has 0 fully saturated rings. The molecule has 0 unspecified atom stereocenters. The van der Waals surface area contributed by atoms with E-state index in [1.807, 2.05) is 0 Å². The molecular weight excluding hydrogens is 309 g/mol. The predicted octanol–water partition coefficient (Wildman–Crippen LogP) is -13.2. The Bertz CT molecular complexity index is 299. The molecule has 15 heavy (non-hydrogen) atoms. The Balaban J connectivity index is -0.000000202. The van der Waals surface area contributed by atoms with Gasteiger partial charge >= 0.3 is 154 Å². The van der Waals surface area contributed by atoms with Crippen LogP contribution in [0.1, 0.15) is 6.42 Å². The van der Waals surface area contributed by atoms with Crippen LogP contribution in [0.3, 0.4) is 0 Å². The molecule has 1 atom stereocenters. The number of carbonyl (C=O) groups excluding carboxylic acids is 2. The first-order valence-corrected chi connectivity index (χ1v) is 4.07. The van der Waals surface area contributed by atoms with Gasteiger partial charge in [0.15, 0.2) is 0 Å². The minimum Gasteiger partial charge on any atom is -0.747 e. The van der Waals surface area contributed by atoms with Crippen molar-refractivity contribution in [2.45, 2.75) is 11.7 Å². The molecule has 0 aliphatic carbocycles. The minimum absolute atomic E-state index is 0. The quantitative estimate of drug-likeness (QED) is 0.371. The molecule has 0 bridgehead atoms. The van der Waals surface area contributed by atoms with Crippen LogP contribution in [0.25, 0.3) is 0 Å². The zero-order valence-electron chi connectivity index (χ0n) is 8.55. The van der Waals surface area contributed by atoms with Crippen LogP contribution in [0.2, 0.25) is 0 Å². The summed E-state index contributed by atoms with van der Waals surface area (Å²) < 4.78 is 30.1. The van der Waals surface area contributed by atoms with Gasteiger partial charge in [0, 0.05) is 12.4 Å². The zero-order chi connectivity index (χ0) is 9.94. The van der Waals surface area contributed by atoms with Crippen molar-refractivity contribution in [1.29, 1.82) is 0 Å². The van der Waals surface area contributed by atoms with Crippen LogP contribution in [0, 0.1) is 0 Å². The summed E-state index contributed by atoms with van der Waals surface area (Å²) in [6.45, 7) is 0. The molecule has 0 saturated heterocycles. The molecule has 11 heteroatoms. The van der Waals surface area contributed by atoms with Crippen molar-refractivity contribution in [3.8, 4) is 0 Å². The summed E-state index contributed by atoms with van der Waals surface area (Å²) in [5.41, 5.74) is 0. The maximum absolute atomic E-state index is 10.0. The SMILES string of the molecule is O=C([O-])C[C@@H](C(=O)[O-])S(=O)(=O)[O-].[K+].[K+].[K+]. The molecule has 0 aromatic carbocycles. The van der Waals surface area contributed by atoms with Gasteiger partial charge in [-0.1, -0.05) is 0 Å². The smallest absolute Gasteiger partial charge is 0.747 e. The summed E-state index contributed by atoms with van der Waals surface area (Å²) in [6, 6.07) is 0. The molecule has 0 amide bonds. The summed E-state index contributed by atoms with van der Waals surface area (Å²) in [6.07, 6.45) is -1.39. The van der Waals surface area contributed by atoms with Crippen molar-refractivity contribution in [2.24, 2.45) is 0 Å². The van der Waals surface area contributed by atoms with Crippen molar-refractivity contribution in [3.05, 3.63) is 0 Å². The van der Waals surface area contributed by atoms with E-state index in [-0.39, 0.29) is 154 Å². The Hall–Kier alpha value is 3.76. The van der Waals surface area contributed by atoms with Gasteiger partial charge in [-0.2, -0.15) is 0 Å². The number of carboxylic acids is 2. The van der Waals surface area contributed by atoms with E-state index in [9.17, 15) is 32.8 Å². The number of aliphatic carboxylic acids is 2. The van der Waals surface area contributed by atoms with Crippen LogP contribution in [0.5, 0.6) is 0 Å². The monoisotopic (exact) mass is 312 g/mol. The molecule has 70 valence electrons. The van der Waals surface area contributed by atoms with E-state index in [2.05, 4.69) is 0 Å². The second-order valence-corrected chi connectivity index (χ2v) is 3.43. The normalized spacial score (nSPS) is 11.0. The average molecular weight is 312 g/mol. The van der Waals surface area contributed by atoms with Crippen LogP contribution in [-0.4, -0.2) is 30.2 Å². The van der Waals surface area contributed by atoms with Crippen molar-refractivity contribution >= 4 is 22.1 Å². The van der Waals surface area contributed by atoms with Gasteiger partial charge in [0.05, 0.1) is 11.2 Å². The Labute approximate surface area is 214 Å². The van der Waals surface area contributed by atoms with Gasteiger partial charge in [0.1, 0.15) is 10.1 Å². The Kier molecular flexibility index (Phi) is 23.1. The molecule has 0 radical (unpaired) electrons. The van der Waals surface area contributed by atoms with Crippen LogP contribution in [0.15, 0.2) is 0 Å². The van der Waals surface area contributed by atoms with Crippen molar-refractivity contribution in [2.75, 3.05) is 0 Å². The summed E-state index contributed by atoms with van der Waals surface area (Å²) >= 11 is 0. The standard InChI is InChI=1S/C4H6O7S.3K/c5-3(6)1-2(4(7)8)12(9,10)11;;;/h2H,1H2,(H,5,6)(H,7,8)(H,9,10,11);;;/q;3*+1/p-3/t2-;;;/m0.../s1. The predicted molar refractivity (Wildman–Crippen MR) is 28.1 cm³/mol. The summed E-state index contributed by atoms with van der Waals surface area (Å²) in [5, 5.41) is 17.1. The minimum atomic E-state index is -5.19. The van der Waals surface area contributed by atoms with E-state index in [0.29, 0.717) is 0 Å². The largest absolute Gasteiger partial charge is 1.00 e. The number of hydrogen-bond acceptors (Lipinski definition) is 7. The van der Waals surface area contributed by atoms with Crippen molar-refractivity contribution < 1.29 is 187 Å². The second kappa shape index (κ2) is 12.8. The third kappa shape index (κ3) is 14.0. The fourth-order valence-electron chi connectivity index (χ4n) is 0.455. The molecule has 0 aromatic heterocycles. The molecule has 0 heterocycles. The summed E-state index contributed by atoms with van der Waals surface area (Å²) in [5.74, 6) is -4.18. The maximum atomic E-state index is 10.0.